The first kappa shape index (κ1) is 38.0. The van der Waals surface area contributed by atoms with Crippen LogP contribution < -0.4 is 21.7 Å². The molecule has 0 fully saturated rings. The molecule has 2 aromatic carbocycles. The third kappa shape index (κ3) is 15.1. The summed E-state index contributed by atoms with van der Waals surface area (Å²) in [6, 6.07) is 16.1. The number of aromatic nitrogens is 1. The van der Waals surface area contributed by atoms with Crippen molar-refractivity contribution in [2.45, 2.75) is 84.1 Å². The average Bonchev–Trinajstić information content (AvgIpc) is 2.97. The maximum Gasteiger partial charge on any atom is 0.408 e. The van der Waals surface area contributed by atoms with E-state index in [0.29, 0.717) is 12.0 Å². The maximum atomic E-state index is 12.9. The number of nitrogens with two attached hydrogens (primary N) is 1. The smallest absolute Gasteiger partial charge is 0.408 e. The molecule has 0 aliphatic rings. The molecule has 0 spiro atoms. The molecule has 13 nitrogen and oxygen atoms in total. The Kier molecular flexibility index (Phi) is 14.1. The molecule has 0 unspecified atom stereocenters. The Balaban J connectivity index is 0.000000484. The third-order valence-electron chi connectivity index (χ3n) is 6.12. The number of carboxylic acid groups (broad SMARTS) is 1. The summed E-state index contributed by atoms with van der Waals surface area (Å²) in [7, 11) is 0. The van der Waals surface area contributed by atoms with Gasteiger partial charge in [-0.1, -0.05) is 48.5 Å². The van der Waals surface area contributed by atoms with Crippen molar-refractivity contribution >= 4 is 40.9 Å². The van der Waals surface area contributed by atoms with E-state index in [4.69, 9.17) is 15.2 Å². The van der Waals surface area contributed by atoms with E-state index in [1.807, 2.05) is 30.3 Å². The first-order valence-electron chi connectivity index (χ1n) is 15.1. The van der Waals surface area contributed by atoms with Gasteiger partial charge in [-0.2, -0.15) is 0 Å². The van der Waals surface area contributed by atoms with Gasteiger partial charge >= 0.3 is 18.2 Å². The lowest BCUT2D eigenvalue weighted by atomic mass is 10.0. The fourth-order valence-electron chi connectivity index (χ4n) is 4.06. The molecule has 4 amide bonds. The van der Waals surface area contributed by atoms with Gasteiger partial charge in [-0.3, -0.25) is 14.6 Å². The SMILES string of the molecule is CC(C)(C)OC(=O)NCCC[C@H](NC(=O)[C@H](Cc1ccccc1)NC(=O)OC(C)(C)C)C(=O)O.NC(=O)c1cnc2ccccc2c1. The molecule has 254 valence electrons. The predicted molar refractivity (Wildman–Crippen MR) is 177 cm³/mol. The zero-order chi connectivity index (χ0) is 35.2. The van der Waals surface area contributed by atoms with E-state index in [9.17, 15) is 29.1 Å². The minimum Gasteiger partial charge on any atom is -0.480 e. The minimum atomic E-state index is -1.22. The number of hydrogen-bond donors (Lipinski definition) is 5. The summed E-state index contributed by atoms with van der Waals surface area (Å²) in [6.45, 7) is 10.5. The van der Waals surface area contributed by atoms with Gasteiger partial charge in [-0.05, 0) is 72.1 Å². The van der Waals surface area contributed by atoms with Crippen molar-refractivity contribution in [2.75, 3.05) is 6.54 Å². The molecule has 13 heteroatoms. The van der Waals surface area contributed by atoms with Crippen LogP contribution in [-0.4, -0.2) is 69.9 Å². The van der Waals surface area contributed by atoms with Crippen LogP contribution in [0.5, 0.6) is 0 Å². The first-order valence-corrected chi connectivity index (χ1v) is 15.1. The van der Waals surface area contributed by atoms with Gasteiger partial charge in [0.25, 0.3) is 0 Å². The Labute approximate surface area is 274 Å². The molecule has 0 aliphatic heterocycles. The molecule has 0 saturated carbocycles. The molecule has 3 rings (SSSR count). The molecule has 0 aliphatic carbocycles. The fourth-order valence-corrected chi connectivity index (χ4v) is 4.06. The molecular formula is C34H45N5O8. The van der Waals surface area contributed by atoms with E-state index >= 15 is 0 Å². The number of benzene rings is 2. The fraction of sp³-hybridized carbons (Fsp3) is 0.412. The zero-order valence-electron chi connectivity index (χ0n) is 27.7. The number of aliphatic carboxylic acids is 1. The van der Waals surface area contributed by atoms with Crippen LogP contribution in [0.2, 0.25) is 0 Å². The maximum absolute atomic E-state index is 12.9. The lowest BCUT2D eigenvalue weighted by molar-refractivity contribution is -0.142. The summed E-state index contributed by atoms with van der Waals surface area (Å²) in [5, 5.41) is 18.0. The van der Waals surface area contributed by atoms with Crippen LogP contribution in [0.1, 0.15) is 70.3 Å². The van der Waals surface area contributed by atoms with E-state index in [1.54, 1.807) is 71.9 Å². The van der Waals surface area contributed by atoms with E-state index in [2.05, 4.69) is 20.9 Å². The lowest BCUT2D eigenvalue weighted by Gasteiger charge is -2.24. The number of ether oxygens (including phenoxy) is 2. The van der Waals surface area contributed by atoms with Gasteiger partial charge in [0, 0.05) is 24.5 Å². The second-order valence-corrected chi connectivity index (χ2v) is 12.6. The number of carboxylic acids is 1. The van der Waals surface area contributed by atoms with Crippen molar-refractivity contribution in [2.24, 2.45) is 5.73 Å². The molecule has 3 aromatic rings. The molecule has 2 atom stereocenters. The molecule has 0 bridgehead atoms. The van der Waals surface area contributed by atoms with Crippen LogP contribution in [-0.2, 0) is 25.5 Å². The average molecular weight is 652 g/mol. The summed E-state index contributed by atoms with van der Waals surface area (Å²) in [5.41, 5.74) is 5.82. The second-order valence-electron chi connectivity index (χ2n) is 12.6. The molecule has 1 heterocycles. The Hall–Kier alpha value is -5.20. The number of nitrogens with one attached hydrogen (secondary N) is 3. The van der Waals surface area contributed by atoms with Crippen LogP contribution in [0.25, 0.3) is 10.9 Å². The van der Waals surface area contributed by atoms with Crippen molar-refractivity contribution in [1.29, 1.82) is 0 Å². The number of para-hydroxylation sites is 1. The Bertz CT molecular complexity index is 1520. The van der Waals surface area contributed by atoms with Crippen LogP contribution in [0.15, 0.2) is 66.9 Å². The number of hydrogen-bond acceptors (Lipinski definition) is 8. The highest BCUT2D eigenvalue weighted by molar-refractivity contribution is 5.96. The summed E-state index contributed by atoms with van der Waals surface area (Å²) >= 11 is 0. The van der Waals surface area contributed by atoms with Crippen molar-refractivity contribution in [3.8, 4) is 0 Å². The molecular weight excluding hydrogens is 606 g/mol. The molecule has 6 N–H and O–H groups in total. The van der Waals surface area contributed by atoms with Gasteiger partial charge in [0.2, 0.25) is 11.8 Å². The highest BCUT2D eigenvalue weighted by Crippen LogP contribution is 2.12. The number of primary amides is 1. The Morgan fingerprint density at radius 2 is 1.43 bits per heavy atom. The zero-order valence-corrected chi connectivity index (χ0v) is 27.7. The normalized spacial score (nSPS) is 12.4. The third-order valence-corrected chi connectivity index (χ3v) is 6.12. The molecule has 0 saturated heterocycles. The van der Waals surface area contributed by atoms with Crippen molar-refractivity contribution in [3.05, 3.63) is 78.0 Å². The number of carbonyl (C=O) groups is 5. The highest BCUT2D eigenvalue weighted by Gasteiger charge is 2.28. The van der Waals surface area contributed by atoms with Crippen LogP contribution in [0.3, 0.4) is 0 Å². The van der Waals surface area contributed by atoms with Gasteiger partial charge in [0.05, 0.1) is 11.1 Å². The second kappa shape index (κ2) is 17.5. The number of pyridine rings is 1. The standard InChI is InChI=1S/C24H37N3O7.C10H8N2O/c1-23(2,3)33-21(31)25-14-10-13-17(20(29)30)26-19(28)18(15-16-11-8-7-9-12-16)27-22(32)34-24(4,5)6;11-10(13)8-5-7-3-1-2-4-9(7)12-6-8/h7-9,11-12,17-18H,10,13-15H2,1-6H3,(H,25,31)(H,26,28)(H,27,32)(H,29,30);1-6H,(H2,11,13)/t17-,18-;/m0./s1. The van der Waals surface area contributed by atoms with E-state index in [1.165, 1.54) is 6.20 Å². The molecule has 1 aromatic heterocycles. The monoisotopic (exact) mass is 651 g/mol. The molecule has 0 radical (unpaired) electrons. The summed E-state index contributed by atoms with van der Waals surface area (Å²) in [5.74, 6) is -2.32. The number of carbonyl (C=O) groups excluding carboxylic acids is 4. The highest BCUT2D eigenvalue weighted by atomic mass is 16.6. The number of fused-ring (bicyclic) bond motifs is 1. The van der Waals surface area contributed by atoms with Crippen molar-refractivity contribution in [1.82, 2.24) is 20.9 Å². The first-order chi connectivity index (χ1) is 21.9. The largest absolute Gasteiger partial charge is 0.480 e. The molecule has 47 heavy (non-hydrogen) atoms. The van der Waals surface area contributed by atoms with E-state index in [0.717, 1.165) is 16.5 Å². The minimum absolute atomic E-state index is 0.0708. The van der Waals surface area contributed by atoms with Crippen molar-refractivity contribution in [3.63, 3.8) is 0 Å². The Morgan fingerprint density at radius 3 is 2.02 bits per heavy atom. The summed E-state index contributed by atoms with van der Waals surface area (Å²) < 4.78 is 10.4. The van der Waals surface area contributed by atoms with Gasteiger partial charge in [0.1, 0.15) is 23.3 Å². The number of nitrogens with zero attached hydrogens (tertiary/aromatic N) is 1. The van der Waals surface area contributed by atoms with Gasteiger partial charge in [0.15, 0.2) is 0 Å². The quantitative estimate of drug-likeness (QED) is 0.187. The van der Waals surface area contributed by atoms with E-state index in [-0.39, 0.29) is 19.4 Å². The van der Waals surface area contributed by atoms with Gasteiger partial charge in [-0.15, -0.1) is 0 Å². The number of rotatable bonds is 11. The summed E-state index contributed by atoms with van der Waals surface area (Å²) in [4.78, 5) is 63.5. The van der Waals surface area contributed by atoms with Crippen LogP contribution >= 0.6 is 0 Å². The predicted octanol–water partition coefficient (Wildman–Crippen LogP) is 4.33. The van der Waals surface area contributed by atoms with Crippen LogP contribution in [0, 0.1) is 0 Å². The topological polar surface area (TPSA) is 199 Å². The van der Waals surface area contributed by atoms with Crippen LogP contribution in [0.4, 0.5) is 9.59 Å². The van der Waals surface area contributed by atoms with Crippen molar-refractivity contribution < 1.29 is 38.6 Å². The summed E-state index contributed by atoms with van der Waals surface area (Å²) in [6.07, 6.45) is 0.619. The number of amides is 4. The van der Waals surface area contributed by atoms with E-state index < -0.39 is 53.3 Å². The van der Waals surface area contributed by atoms with Gasteiger partial charge in [-0.25, -0.2) is 14.4 Å². The Morgan fingerprint density at radius 1 is 0.830 bits per heavy atom. The van der Waals surface area contributed by atoms with Gasteiger partial charge < -0.3 is 36.3 Å². The lowest BCUT2D eigenvalue weighted by Crippen LogP contribution is -2.53. The number of alkyl carbamates (subject to hydrolysis) is 2.